The first-order valence-corrected chi connectivity index (χ1v) is 8.98. The van der Waals surface area contributed by atoms with E-state index >= 15 is 0 Å². The number of allylic oxidation sites excluding steroid dienone is 1. The minimum atomic E-state index is -0.183. The van der Waals surface area contributed by atoms with Crippen LogP contribution in [0.25, 0.3) is 28.2 Å². The van der Waals surface area contributed by atoms with E-state index in [0.717, 1.165) is 17.7 Å². The largest absolute Gasteiger partial charge is 0.396 e. The van der Waals surface area contributed by atoms with E-state index in [-0.39, 0.29) is 24.1 Å². The van der Waals surface area contributed by atoms with Crippen LogP contribution < -0.4 is 5.56 Å². The van der Waals surface area contributed by atoms with E-state index in [1.807, 2.05) is 33.5 Å². The van der Waals surface area contributed by atoms with Crippen LogP contribution in [-0.4, -0.2) is 35.6 Å². The van der Waals surface area contributed by atoms with Crippen LogP contribution in [0.2, 0.25) is 0 Å². The summed E-state index contributed by atoms with van der Waals surface area (Å²) >= 11 is 1.60. The van der Waals surface area contributed by atoms with Gasteiger partial charge in [0.1, 0.15) is 0 Å². The third-order valence-corrected chi connectivity index (χ3v) is 5.39. The Morgan fingerprint density at radius 3 is 3.08 bits per heavy atom. The van der Waals surface area contributed by atoms with E-state index in [4.69, 9.17) is 0 Å². The lowest BCUT2D eigenvalue weighted by molar-refractivity contribution is 0.244. The number of fused-ring (bicyclic) bond motifs is 2. The standard InChI is InChI=1S/C17H15N5O2S/c23-7-10-1-2-12(5-10)22-9-18-14-15(22)20-17-19-13(6-21(17)16(14)24)11-3-4-25-8-11/h1-4,6,8-10,12,23H,5,7H2,(H,19,20)/t10-,12+/m1/s1. The van der Waals surface area contributed by atoms with Crippen LogP contribution in [0.1, 0.15) is 12.5 Å². The molecule has 4 aromatic heterocycles. The zero-order chi connectivity index (χ0) is 17.0. The molecule has 0 saturated carbocycles. The highest BCUT2D eigenvalue weighted by molar-refractivity contribution is 7.08. The third-order valence-electron chi connectivity index (χ3n) is 4.71. The van der Waals surface area contributed by atoms with E-state index in [2.05, 4.69) is 15.0 Å². The van der Waals surface area contributed by atoms with Crippen LogP contribution in [0.4, 0.5) is 0 Å². The molecule has 0 amide bonds. The minimum absolute atomic E-state index is 0.0582. The van der Waals surface area contributed by atoms with E-state index in [0.29, 0.717) is 16.9 Å². The third kappa shape index (κ3) is 2.18. The van der Waals surface area contributed by atoms with Crippen molar-refractivity contribution in [2.45, 2.75) is 12.5 Å². The van der Waals surface area contributed by atoms with Crippen molar-refractivity contribution in [2.75, 3.05) is 6.61 Å². The van der Waals surface area contributed by atoms with Crippen molar-refractivity contribution in [1.82, 2.24) is 23.9 Å². The molecule has 1 aliphatic carbocycles. The predicted octanol–water partition coefficient (Wildman–Crippen LogP) is 2.21. The van der Waals surface area contributed by atoms with Crippen molar-refractivity contribution >= 4 is 28.3 Å². The molecule has 7 nitrogen and oxygen atoms in total. The molecule has 8 heteroatoms. The van der Waals surface area contributed by atoms with Gasteiger partial charge in [-0.2, -0.15) is 16.3 Å². The zero-order valence-electron chi connectivity index (χ0n) is 13.2. The van der Waals surface area contributed by atoms with Crippen LogP contribution in [0.3, 0.4) is 0 Å². The summed E-state index contributed by atoms with van der Waals surface area (Å²) in [5.74, 6) is 0.643. The van der Waals surface area contributed by atoms with Crippen LogP contribution in [0, 0.1) is 5.92 Å². The summed E-state index contributed by atoms with van der Waals surface area (Å²) in [5.41, 5.74) is 2.62. The first kappa shape index (κ1) is 14.6. The number of hydrogen-bond donors (Lipinski definition) is 2. The number of rotatable bonds is 3. The summed E-state index contributed by atoms with van der Waals surface area (Å²) < 4.78 is 3.42. The number of imidazole rings is 2. The molecule has 0 aromatic carbocycles. The summed E-state index contributed by atoms with van der Waals surface area (Å²) in [6, 6.07) is 2.06. The number of aliphatic hydroxyl groups excluding tert-OH is 1. The molecule has 0 radical (unpaired) electrons. The number of nitrogens with zero attached hydrogens (tertiary/aromatic N) is 4. The van der Waals surface area contributed by atoms with Crippen molar-refractivity contribution in [3.05, 3.63) is 51.9 Å². The molecule has 5 rings (SSSR count). The number of nitrogens with one attached hydrogen (secondary N) is 1. The smallest absolute Gasteiger partial charge is 0.287 e. The highest BCUT2D eigenvalue weighted by atomic mass is 32.1. The normalized spacial score (nSPS) is 20.2. The monoisotopic (exact) mass is 353 g/mol. The fraction of sp³-hybridized carbons (Fsp3) is 0.235. The molecule has 0 unspecified atom stereocenters. The van der Waals surface area contributed by atoms with Crippen LogP contribution >= 0.6 is 11.3 Å². The van der Waals surface area contributed by atoms with Gasteiger partial charge in [-0.3, -0.25) is 4.79 Å². The summed E-state index contributed by atoms with van der Waals surface area (Å²) in [5, 5.41) is 13.3. The average Bonchev–Trinajstić information content (AvgIpc) is 3.38. The zero-order valence-corrected chi connectivity index (χ0v) is 14.0. The fourth-order valence-electron chi connectivity index (χ4n) is 3.37. The molecule has 2 atom stereocenters. The number of hydrogen-bond acceptors (Lipinski definition) is 5. The molecular formula is C17H15N5O2S. The van der Waals surface area contributed by atoms with E-state index < -0.39 is 0 Å². The van der Waals surface area contributed by atoms with Gasteiger partial charge in [0.05, 0.1) is 18.1 Å². The van der Waals surface area contributed by atoms with Crippen molar-refractivity contribution in [1.29, 1.82) is 0 Å². The Bertz CT molecular complexity index is 1150. The van der Waals surface area contributed by atoms with Crippen LogP contribution in [0.5, 0.6) is 0 Å². The van der Waals surface area contributed by atoms with E-state index in [1.165, 1.54) is 4.40 Å². The Kier molecular flexibility index (Phi) is 3.16. The van der Waals surface area contributed by atoms with Gasteiger partial charge in [-0.05, 0) is 17.9 Å². The molecule has 126 valence electrons. The van der Waals surface area contributed by atoms with Gasteiger partial charge in [0, 0.05) is 29.7 Å². The second-order valence-electron chi connectivity index (χ2n) is 6.25. The van der Waals surface area contributed by atoms with Gasteiger partial charge < -0.3 is 14.7 Å². The first-order valence-electron chi connectivity index (χ1n) is 8.04. The van der Waals surface area contributed by atoms with Gasteiger partial charge in [-0.15, -0.1) is 0 Å². The molecule has 0 aliphatic heterocycles. The lowest BCUT2D eigenvalue weighted by Gasteiger charge is -2.12. The number of thiophene rings is 1. The van der Waals surface area contributed by atoms with Crippen molar-refractivity contribution in [2.24, 2.45) is 5.92 Å². The maximum Gasteiger partial charge on any atom is 0.287 e. The first-order chi connectivity index (χ1) is 12.2. The van der Waals surface area contributed by atoms with Gasteiger partial charge in [0.15, 0.2) is 11.2 Å². The lowest BCUT2D eigenvalue weighted by atomic mass is 10.1. The number of aromatic amines is 1. The quantitative estimate of drug-likeness (QED) is 0.553. The van der Waals surface area contributed by atoms with Gasteiger partial charge in [-0.1, -0.05) is 12.2 Å². The molecule has 0 fully saturated rings. The minimum Gasteiger partial charge on any atom is -0.396 e. The average molecular weight is 353 g/mol. The Balaban J connectivity index is 1.68. The second kappa shape index (κ2) is 5.40. The number of aliphatic hydroxyl groups is 1. The Morgan fingerprint density at radius 1 is 1.40 bits per heavy atom. The van der Waals surface area contributed by atoms with Crippen molar-refractivity contribution in [3.8, 4) is 11.3 Å². The second-order valence-corrected chi connectivity index (χ2v) is 7.03. The Labute approximate surface area is 145 Å². The lowest BCUT2D eigenvalue weighted by Crippen LogP contribution is -2.15. The maximum absolute atomic E-state index is 12.8. The van der Waals surface area contributed by atoms with Crippen LogP contribution in [0.15, 0.2) is 46.3 Å². The number of H-pyrrole nitrogens is 1. The maximum atomic E-state index is 12.8. The van der Waals surface area contributed by atoms with Gasteiger partial charge in [0.2, 0.25) is 5.78 Å². The van der Waals surface area contributed by atoms with Crippen LogP contribution in [-0.2, 0) is 0 Å². The van der Waals surface area contributed by atoms with Crippen molar-refractivity contribution < 1.29 is 5.11 Å². The molecule has 0 saturated heterocycles. The molecule has 4 heterocycles. The summed E-state index contributed by atoms with van der Waals surface area (Å²) in [6.45, 7) is 0.126. The van der Waals surface area contributed by atoms with Gasteiger partial charge in [-0.25, -0.2) is 9.38 Å². The molecular weight excluding hydrogens is 338 g/mol. The highest BCUT2D eigenvalue weighted by Crippen LogP contribution is 2.29. The Hall–Kier alpha value is -2.71. The fourth-order valence-corrected chi connectivity index (χ4v) is 4.03. The van der Waals surface area contributed by atoms with E-state index in [1.54, 1.807) is 23.9 Å². The highest BCUT2D eigenvalue weighted by Gasteiger charge is 2.23. The summed E-state index contributed by atoms with van der Waals surface area (Å²) in [6.07, 6.45) is 8.26. The molecule has 2 N–H and O–H groups in total. The Morgan fingerprint density at radius 2 is 2.32 bits per heavy atom. The molecule has 0 spiro atoms. The topological polar surface area (TPSA) is 88.2 Å². The van der Waals surface area contributed by atoms with E-state index in [9.17, 15) is 9.90 Å². The SMILES string of the molecule is O=c1c2ncn([C@H]3C=C[C@@H](CO)C3)c2nc2[nH]c(-c3ccsc3)cn12. The van der Waals surface area contributed by atoms with Gasteiger partial charge >= 0.3 is 0 Å². The number of aromatic nitrogens is 5. The summed E-state index contributed by atoms with van der Waals surface area (Å²) in [4.78, 5) is 24.9. The summed E-state index contributed by atoms with van der Waals surface area (Å²) in [7, 11) is 0. The molecule has 4 aromatic rings. The molecule has 1 aliphatic rings. The van der Waals surface area contributed by atoms with Crippen molar-refractivity contribution in [3.63, 3.8) is 0 Å². The molecule has 25 heavy (non-hydrogen) atoms. The van der Waals surface area contributed by atoms with Gasteiger partial charge in [0.25, 0.3) is 5.56 Å². The predicted molar refractivity (Wildman–Crippen MR) is 95.8 cm³/mol. The molecule has 0 bridgehead atoms.